The summed E-state index contributed by atoms with van der Waals surface area (Å²) >= 11 is 1.57. The van der Waals surface area contributed by atoms with Crippen LogP contribution in [0.3, 0.4) is 0 Å². The molecule has 0 saturated heterocycles. The van der Waals surface area contributed by atoms with Crippen LogP contribution in [-0.2, 0) is 13.0 Å². The maximum Gasteiger partial charge on any atom is 0.184 e. The van der Waals surface area contributed by atoms with Gasteiger partial charge in [-0.3, -0.25) is 0 Å². The van der Waals surface area contributed by atoms with E-state index < -0.39 is 6.10 Å². The smallest absolute Gasteiger partial charge is 0.184 e. The van der Waals surface area contributed by atoms with E-state index in [0.29, 0.717) is 24.1 Å². The monoisotopic (exact) mass is 431 g/mol. The molecule has 5 aromatic rings. The topological polar surface area (TPSA) is 75.9 Å². The maximum atomic E-state index is 13.4. The predicted molar refractivity (Wildman–Crippen MR) is 119 cm³/mol. The average molecular weight is 431 g/mol. The van der Waals surface area contributed by atoms with Crippen LogP contribution in [0.1, 0.15) is 22.7 Å². The molecule has 8 heteroatoms. The zero-order chi connectivity index (χ0) is 20.9. The van der Waals surface area contributed by atoms with E-state index in [4.69, 9.17) is 4.98 Å². The number of aromatic nitrogens is 4. The minimum absolute atomic E-state index is 0.153. The number of thiazole rings is 1. The third-order valence-corrected chi connectivity index (χ3v) is 6.66. The van der Waals surface area contributed by atoms with Gasteiger partial charge in [0.05, 0.1) is 41.4 Å². The Balaban J connectivity index is 1.27. The van der Waals surface area contributed by atoms with Crippen molar-refractivity contribution < 1.29 is 9.50 Å². The summed E-state index contributed by atoms with van der Waals surface area (Å²) in [5, 5.41) is 14.7. The first-order valence-electron chi connectivity index (χ1n) is 10.0. The molecule has 0 saturated carbocycles. The van der Waals surface area contributed by atoms with Gasteiger partial charge in [-0.1, -0.05) is 41.7 Å². The van der Waals surface area contributed by atoms with Gasteiger partial charge >= 0.3 is 0 Å². The molecule has 3 aromatic heterocycles. The van der Waals surface area contributed by atoms with Gasteiger partial charge in [0.25, 0.3) is 0 Å². The van der Waals surface area contributed by atoms with E-state index in [0.717, 1.165) is 26.5 Å². The second kappa shape index (κ2) is 7.11. The van der Waals surface area contributed by atoms with Gasteiger partial charge in [-0.05, 0) is 28.8 Å². The van der Waals surface area contributed by atoms with Crippen LogP contribution in [0, 0.1) is 5.82 Å². The number of aliphatic hydroxyl groups is 1. The lowest BCUT2D eigenvalue weighted by Crippen LogP contribution is -2.20. The van der Waals surface area contributed by atoms with Crippen LogP contribution in [0.2, 0.25) is 0 Å². The quantitative estimate of drug-likeness (QED) is 0.444. The maximum absolute atomic E-state index is 13.4. The van der Waals surface area contributed by atoms with Crippen molar-refractivity contribution in [3.8, 4) is 0 Å². The van der Waals surface area contributed by atoms with Gasteiger partial charge in [0.2, 0.25) is 0 Å². The van der Waals surface area contributed by atoms with Gasteiger partial charge in [-0.2, -0.15) is 0 Å². The average Bonchev–Trinajstić information content (AvgIpc) is 3.43. The summed E-state index contributed by atoms with van der Waals surface area (Å²) in [6, 6.07) is 15.5. The Labute approximate surface area is 181 Å². The Morgan fingerprint density at radius 1 is 1.13 bits per heavy atom. The van der Waals surface area contributed by atoms with E-state index in [1.807, 2.05) is 28.8 Å². The molecule has 2 N–H and O–H groups in total. The first kappa shape index (κ1) is 18.4. The van der Waals surface area contributed by atoms with Crippen molar-refractivity contribution in [2.24, 2.45) is 0 Å². The molecular weight excluding hydrogens is 413 g/mol. The molecular formula is C23H18FN5OS. The van der Waals surface area contributed by atoms with Crippen molar-refractivity contribution in [1.29, 1.82) is 0 Å². The number of aliphatic hydroxyl groups excluding tert-OH is 1. The van der Waals surface area contributed by atoms with Gasteiger partial charge in [0.1, 0.15) is 11.3 Å². The Morgan fingerprint density at radius 3 is 2.97 bits per heavy atom. The van der Waals surface area contributed by atoms with Crippen molar-refractivity contribution >= 4 is 37.8 Å². The Hall–Kier alpha value is -3.36. The number of nitrogens with zero attached hydrogens (tertiary/aromatic N) is 4. The van der Waals surface area contributed by atoms with Crippen molar-refractivity contribution in [2.75, 3.05) is 5.32 Å². The molecule has 0 unspecified atom stereocenters. The number of benzene rings is 2. The third-order valence-electron chi connectivity index (χ3n) is 5.71. The van der Waals surface area contributed by atoms with Crippen LogP contribution in [0.15, 0.2) is 61.1 Å². The molecule has 0 aliphatic heterocycles. The van der Waals surface area contributed by atoms with Crippen LogP contribution in [0.5, 0.6) is 0 Å². The van der Waals surface area contributed by atoms with Gasteiger partial charge in [-0.25, -0.2) is 19.3 Å². The molecule has 1 aliphatic rings. The Morgan fingerprint density at radius 2 is 2.03 bits per heavy atom. The molecule has 2 aromatic carbocycles. The highest BCUT2D eigenvalue weighted by molar-refractivity contribution is 7.22. The number of pyridine rings is 1. The number of rotatable bonds is 4. The fraction of sp³-hybridized carbons (Fsp3) is 0.174. The number of imidazole rings is 1. The minimum atomic E-state index is -0.466. The van der Waals surface area contributed by atoms with Crippen LogP contribution in [0.4, 0.5) is 9.52 Å². The van der Waals surface area contributed by atoms with E-state index >= 15 is 0 Å². The molecule has 0 spiro atoms. The van der Waals surface area contributed by atoms with Gasteiger partial charge < -0.3 is 15.0 Å². The molecule has 0 radical (unpaired) electrons. The number of nitrogens with one attached hydrogen (secondary N) is 1. The summed E-state index contributed by atoms with van der Waals surface area (Å²) in [5.41, 5.74) is 5.50. The lowest BCUT2D eigenvalue weighted by molar-refractivity contribution is 0.166. The summed E-state index contributed by atoms with van der Waals surface area (Å²) in [6.07, 6.45) is 3.08. The van der Waals surface area contributed by atoms with Gasteiger partial charge in [0, 0.05) is 12.5 Å². The highest BCUT2D eigenvalue weighted by atomic mass is 32.1. The number of halogens is 1. The molecule has 2 atom stereocenters. The Bertz CT molecular complexity index is 1430. The van der Waals surface area contributed by atoms with Crippen molar-refractivity contribution in [1.82, 2.24) is 19.5 Å². The predicted octanol–water partition coefficient (Wildman–Crippen LogP) is 4.30. The van der Waals surface area contributed by atoms with Gasteiger partial charge in [-0.15, -0.1) is 0 Å². The number of hydrogen-bond acceptors (Lipinski definition) is 6. The van der Waals surface area contributed by atoms with Crippen LogP contribution in [-0.4, -0.2) is 30.7 Å². The lowest BCUT2D eigenvalue weighted by Gasteiger charge is -2.16. The number of hydrogen-bond donors (Lipinski definition) is 2. The molecule has 0 amide bonds. The Kier molecular flexibility index (Phi) is 4.22. The molecule has 1 aliphatic carbocycles. The summed E-state index contributed by atoms with van der Waals surface area (Å²) in [5.74, 6) is -0.390. The van der Waals surface area contributed by atoms with Crippen molar-refractivity contribution in [2.45, 2.75) is 25.1 Å². The second-order valence-electron chi connectivity index (χ2n) is 7.78. The van der Waals surface area contributed by atoms with Crippen molar-refractivity contribution in [3.05, 3.63) is 83.6 Å². The fourth-order valence-corrected chi connectivity index (χ4v) is 5.21. The first-order chi connectivity index (χ1) is 15.1. The van der Waals surface area contributed by atoms with Gasteiger partial charge in [0.15, 0.2) is 10.8 Å². The second-order valence-corrected chi connectivity index (χ2v) is 8.81. The van der Waals surface area contributed by atoms with E-state index in [1.165, 1.54) is 17.8 Å². The summed E-state index contributed by atoms with van der Waals surface area (Å²) in [6.45, 7) is 0.584. The van der Waals surface area contributed by atoms with E-state index in [9.17, 15) is 9.50 Å². The fourth-order valence-electron chi connectivity index (χ4n) is 4.25. The third kappa shape index (κ3) is 3.24. The summed E-state index contributed by atoms with van der Waals surface area (Å²) in [7, 11) is 0. The number of anilines is 1. The molecule has 0 fully saturated rings. The molecule has 6 rings (SSSR count). The molecule has 0 bridgehead atoms. The molecule has 6 nitrogen and oxygen atoms in total. The lowest BCUT2D eigenvalue weighted by atomic mass is 10.1. The highest BCUT2D eigenvalue weighted by Crippen LogP contribution is 2.36. The molecule has 154 valence electrons. The van der Waals surface area contributed by atoms with E-state index in [-0.39, 0.29) is 11.9 Å². The molecule has 3 heterocycles. The van der Waals surface area contributed by atoms with Crippen molar-refractivity contribution in [3.63, 3.8) is 0 Å². The number of fused-ring (bicyclic) bond motifs is 3. The first-order valence-corrected chi connectivity index (χ1v) is 10.8. The van der Waals surface area contributed by atoms with E-state index in [1.54, 1.807) is 17.7 Å². The highest BCUT2D eigenvalue weighted by Gasteiger charge is 2.31. The SMILES string of the molecule is O[C@@H]1Cc2ccccc2[C@H]1Nc1nc2ccc(Cn3cnc4cc(F)cnc43)cc2s1. The van der Waals surface area contributed by atoms with Crippen LogP contribution >= 0.6 is 11.3 Å². The zero-order valence-corrected chi connectivity index (χ0v) is 17.2. The largest absolute Gasteiger partial charge is 0.390 e. The normalized spacial score (nSPS) is 18.0. The van der Waals surface area contributed by atoms with Crippen LogP contribution < -0.4 is 5.32 Å². The molecule has 31 heavy (non-hydrogen) atoms. The summed E-state index contributed by atoms with van der Waals surface area (Å²) < 4.78 is 16.3. The summed E-state index contributed by atoms with van der Waals surface area (Å²) in [4.78, 5) is 13.1. The standard InChI is InChI=1S/C23H18FN5OS/c24-15-9-18-22(25-10-15)29(12-26-18)11-13-5-6-17-20(7-13)31-23(27-17)28-21-16-4-2-1-3-14(16)8-19(21)30/h1-7,9-10,12,19,21,30H,8,11H2,(H,27,28)/t19-,21-/m1/s1. The minimum Gasteiger partial charge on any atom is -0.390 e. The zero-order valence-electron chi connectivity index (χ0n) is 16.4. The van der Waals surface area contributed by atoms with Crippen LogP contribution in [0.25, 0.3) is 21.4 Å². The van der Waals surface area contributed by atoms with E-state index in [2.05, 4.69) is 33.5 Å².